The van der Waals surface area contributed by atoms with Gasteiger partial charge in [0.05, 0.1) is 0 Å². The number of hydrogen-bond donors (Lipinski definition) is 1. The first-order valence-corrected chi connectivity index (χ1v) is 6.49. The van der Waals surface area contributed by atoms with Gasteiger partial charge in [-0.1, -0.05) is 24.3 Å². The van der Waals surface area contributed by atoms with E-state index in [-0.39, 0.29) is 0 Å². The SMILES string of the molecule is CN(Cc1cc(F)cc(F)c1)Cc1ccccc1CN. The lowest BCUT2D eigenvalue weighted by Gasteiger charge is -2.18. The minimum absolute atomic E-state index is 0.480. The van der Waals surface area contributed by atoms with Crippen LogP contribution in [0.3, 0.4) is 0 Å². The van der Waals surface area contributed by atoms with Crippen molar-refractivity contribution in [2.45, 2.75) is 19.6 Å². The molecule has 0 atom stereocenters. The maximum Gasteiger partial charge on any atom is 0.126 e. The Morgan fingerprint density at radius 3 is 2.15 bits per heavy atom. The Balaban J connectivity index is 2.07. The van der Waals surface area contributed by atoms with Crippen LogP contribution < -0.4 is 5.73 Å². The van der Waals surface area contributed by atoms with Crippen molar-refractivity contribution in [2.75, 3.05) is 7.05 Å². The van der Waals surface area contributed by atoms with Crippen molar-refractivity contribution >= 4 is 0 Å². The van der Waals surface area contributed by atoms with Crippen LogP contribution in [-0.2, 0) is 19.6 Å². The molecule has 2 rings (SSSR count). The van der Waals surface area contributed by atoms with Gasteiger partial charge in [0.2, 0.25) is 0 Å². The monoisotopic (exact) mass is 276 g/mol. The second-order valence-corrected chi connectivity index (χ2v) is 4.92. The number of halogens is 2. The van der Waals surface area contributed by atoms with Crippen molar-refractivity contribution in [2.24, 2.45) is 5.73 Å². The van der Waals surface area contributed by atoms with Gasteiger partial charge in [-0.3, -0.25) is 4.90 Å². The first-order chi connectivity index (χ1) is 9.58. The van der Waals surface area contributed by atoms with Crippen LogP contribution in [0.5, 0.6) is 0 Å². The van der Waals surface area contributed by atoms with Gasteiger partial charge in [0.1, 0.15) is 11.6 Å². The molecule has 2 aromatic carbocycles. The van der Waals surface area contributed by atoms with E-state index < -0.39 is 11.6 Å². The fraction of sp³-hybridized carbons (Fsp3) is 0.250. The molecule has 0 saturated heterocycles. The standard InChI is InChI=1S/C16H18F2N2/c1-20(10-12-6-15(17)8-16(18)7-12)11-14-5-3-2-4-13(14)9-19/h2-8H,9-11,19H2,1H3. The van der Waals surface area contributed by atoms with Crippen molar-refractivity contribution in [3.63, 3.8) is 0 Å². The predicted octanol–water partition coefficient (Wildman–Crippen LogP) is 3.06. The van der Waals surface area contributed by atoms with Crippen molar-refractivity contribution in [1.29, 1.82) is 0 Å². The van der Waals surface area contributed by atoms with Gasteiger partial charge >= 0.3 is 0 Å². The van der Waals surface area contributed by atoms with Crippen LogP contribution in [0.2, 0.25) is 0 Å². The van der Waals surface area contributed by atoms with Crippen molar-refractivity contribution in [3.05, 3.63) is 70.8 Å². The topological polar surface area (TPSA) is 29.3 Å². The summed E-state index contributed by atoms with van der Waals surface area (Å²) in [6.45, 7) is 1.65. The van der Waals surface area contributed by atoms with Crippen LogP contribution in [0, 0.1) is 11.6 Å². The van der Waals surface area contributed by atoms with E-state index >= 15 is 0 Å². The number of nitrogens with two attached hydrogens (primary N) is 1. The third-order valence-corrected chi connectivity index (χ3v) is 3.15. The zero-order valence-corrected chi connectivity index (χ0v) is 11.4. The molecule has 0 aliphatic heterocycles. The van der Waals surface area contributed by atoms with Crippen molar-refractivity contribution < 1.29 is 8.78 Å². The molecule has 2 N–H and O–H groups in total. The van der Waals surface area contributed by atoms with E-state index in [0.29, 0.717) is 25.2 Å². The van der Waals surface area contributed by atoms with E-state index in [0.717, 1.165) is 17.2 Å². The van der Waals surface area contributed by atoms with E-state index in [4.69, 9.17) is 5.73 Å². The van der Waals surface area contributed by atoms with Crippen molar-refractivity contribution in [3.8, 4) is 0 Å². The van der Waals surface area contributed by atoms with Crippen LogP contribution in [-0.4, -0.2) is 11.9 Å². The Labute approximate surface area is 117 Å². The predicted molar refractivity (Wildman–Crippen MR) is 75.9 cm³/mol. The molecule has 0 aromatic heterocycles. The summed E-state index contributed by atoms with van der Waals surface area (Å²) < 4.78 is 26.3. The summed E-state index contributed by atoms with van der Waals surface area (Å²) >= 11 is 0. The fourth-order valence-electron chi connectivity index (χ4n) is 2.27. The molecule has 2 aromatic rings. The summed E-state index contributed by atoms with van der Waals surface area (Å²) in [5, 5.41) is 0. The van der Waals surface area contributed by atoms with Crippen LogP contribution >= 0.6 is 0 Å². The molecular formula is C16H18F2N2. The molecule has 0 radical (unpaired) electrons. The molecule has 2 nitrogen and oxygen atoms in total. The molecule has 0 spiro atoms. The van der Waals surface area contributed by atoms with Gasteiger partial charge in [-0.2, -0.15) is 0 Å². The maximum atomic E-state index is 13.1. The van der Waals surface area contributed by atoms with Crippen LogP contribution in [0.25, 0.3) is 0 Å². The fourth-order valence-corrected chi connectivity index (χ4v) is 2.27. The van der Waals surface area contributed by atoms with Gasteiger partial charge in [0.25, 0.3) is 0 Å². The van der Waals surface area contributed by atoms with Crippen LogP contribution in [0.1, 0.15) is 16.7 Å². The molecule has 20 heavy (non-hydrogen) atoms. The highest BCUT2D eigenvalue weighted by Gasteiger charge is 2.07. The molecule has 106 valence electrons. The van der Waals surface area contributed by atoms with Gasteiger partial charge in [0.15, 0.2) is 0 Å². The molecule has 0 aliphatic carbocycles. The summed E-state index contributed by atoms with van der Waals surface area (Å²) in [7, 11) is 1.91. The zero-order chi connectivity index (χ0) is 14.5. The Morgan fingerprint density at radius 1 is 0.950 bits per heavy atom. The minimum atomic E-state index is -0.546. The summed E-state index contributed by atoms with van der Waals surface area (Å²) in [6, 6.07) is 11.5. The molecule has 0 amide bonds. The van der Waals surface area contributed by atoms with E-state index in [1.165, 1.54) is 12.1 Å². The average Bonchev–Trinajstić information content (AvgIpc) is 2.37. The normalized spacial score (nSPS) is 11.1. The molecule has 0 heterocycles. The van der Waals surface area contributed by atoms with Crippen LogP contribution in [0.15, 0.2) is 42.5 Å². The number of hydrogen-bond acceptors (Lipinski definition) is 2. The first-order valence-electron chi connectivity index (χ1n) is 6.49. The second-order valence-electron chi connectivity index (χ2n) is 4.92. The first kappa shape index (κ1) is 14.6. The molecular weight excluding hydrogens is 258 g/mol. The molecule has 0 fully saturated rings. The Hall–Kier alpha value is -1.78. The van der Waals surface area contributed by atoms with Gasteiger partial charge in [-0.25, -0.2) is 8.78 Å². The summed E-state index contributed by atoms with van der Waals surface area (Å²) in [5.41, 5.74) is 8.54. The van der Waals surface area contributed by atoms with E-state index in [9.17, 15) is 8.78 Å². The minimum Gasteiger partial charge on any atom is -0.326 e. The Bertz CT molecular complexity index is 564. The Kier molecular flexibility index (Phi) is 4.82. The van der Waals surface area contributed by atoms with Crippen molar-refractivity contribution in [1.82, 2.24) is 4.90 Å². The van der Waals surface area contributed by atoms with Gasteiger partial charge in [-0.15, -0.1) is 0 Å². The largest absolute Gasteiger partial charge is 0.326 e. The lowest BCUT2D eigenvalue weighted by atomic mass is 10.1. The smallest absolute Gasteiger partial charge is 0.126 e. The quantitative estimate of drug-likeness (QED) is 0.909. The molecule has 0 bridgehead atoms. The highest BCUT2D eigenvalue weighted by Crippen LogP contribution is 2.14. The molecule has 0 aliphatic rings. The summed E-state index contributed by atoms with van der Waals surface area (Å²) in [6.07, 6.45) is 0. The Morgan fingerprint density at radius 2 is 1.55 bits per heavy atom. The van der Waals surface area contributed by atoms with Gasteiger partial charge < -0.3 is 5.73 Å². The number of benzene rings is 2. The highest BCUT2D eigenvalue weighted by atomic mass is 19.1. The van der Waals surface area contributed by atoms with Gasteiger partial charge in [0, 0.05) is 25.7 Å². The van der Waals surface area contributed by atoms with Crippen LogP contribution in [0.4, 0.5) is 8.78 Å². The van der Waals surface area contributed by atoms with Gasteiger partial charge in [-0.05, 0) is 35.9 Å². The summed E-state index contributed by atoms with van der Waals surface area (Å²) in [4.78, 5) is 2.00. The molecule has 4 heteroatoms. The number of rotatable bonds is 5. The zero-order valence-electron chi connectivity index (χ0n) is 11.4. The molecule has 0 saturated carbocycles. The lowest BCUT2D eigenvalue weighted by Crippen LogP contribution is -2.19. The van der Waals surface area contributed by atoms with E-state index in [2.05, 4.69) is 0 Å². The maximum absolute atomic E-state index is 13.1. The van der Waals surface area contributed by atoms with E-state index in [1.807, 2.05) is 36.2 Å². The highest BCUT2D eigenvalue weighted by molar-refractivity contribution is 5.27. The lowest BCUT2D eigenvalue weighted by molar-refractivity contribution is 0.317. The third kappa shape index (κ3) is 3.85. The third-order valence-electron chi connectivity index (χ3n) is 3.15. The van der Waals surface area contributed by atoms with E-state index in [1.54, 1.807) is 0 Å². The second kappa shape index (κ2) is 6.59. The average molecular weight is 276 g/mol. The molecule has 0 unspecified atom stereocenters. The number of nitrogens with zero attached hydrogens (tertiary/aromatic N) is 1. The summed E-state index contributed by atoms with van der Waals surface area (Å²) in [5.74, 6) is -1.09.